The fourth-order valence-corrected chi connectivity index (χ4v) is 2.37. The highest BCUT2D eigenvalue weighted by Gasteiger charge is 2.18. The standard InChI is InChI=1S/C18H23ClN4O2/c1-10-7-13(15(25-6)8-12(10)19)22-16-9-14(20-11(2)21-16)17(24)23-18(3,4)5/h7-9H,1-6H3,(H,23,24)(H,20,21,22). The number of nitrogens with zero attached hydrogens (tertiary/aromatic N) is 2. The third-order valence-electron chi connectivity index (χ3n) is 3.30. The van der Waals surface area contributed by atoms with Crippen LogP contribution in [-0.4, -0.2) is 28.5 Å². The summed E-state index contributed by atoms with van der Waals surface area (Å²) in [6.45, 7) is 9.39. The molecule has 2 aromatic rings. The summed E-state index contributed by atoms with van der Waals surface area (Å²) in [7, 11) is 1.57. The SMILES string of the molecule is COc1cc(Cl)c(C)cc1Nc1cc(C(=O)NC(C)(C)C)nc(C)n1. The number of hydrogen-bond acceptors (Lipinski definition) is 5. The summed E-state index contributed by atoms with van der Waals surface area (Å²) in [5, 5.41) is 6.69. The third kappa shape index (κ3) is 5.06. The maximum Gasteiger partial charge on any atom is 0.270 e. The molecule has 0 unspecified atom stereocenters. The van der Waals surface area contributed by atoms with Crippen LogP contribution in [0.15, 0.2) is 18.2 Å². The van der Waals surface area contributed by atoms with Crippen molar-refractivity contribution in [3.05, 3.63) is 40.3 Å². The van der Waals surface area contributed by atoms with Gasteiger partial charge in [-0.15, -0.1) is 0 Å². The molecule has 0 radical (unpaired) electrons. The highest BCUT2D eigenvalue weighted by Crippen LogP contribution is 2.32. The summed E-state index contributed by atoms with van der Waals surface area (Å²) in [6.07, 6.45) is 0. The van der Waals surface area contributed by atoms with Crippen LogP contribution >= 0.6 is 11.6 Å². The lowest BCUT2D eigenvalue weighted by Gasteiger charge is -2.20. The largest absolute Gasteiger partial charge is 0.495 e. The molecule has 0 spiro atoms. The quantitative estimate of drug-likeness (QED) is 0.858. The minimum absolute atomic E-state index is 0.250. The van der Waals surface area contributed by atoms with E-state index < -0.39 is 0 Å². The van der Waals surface area contributed by atoms with Crippen molar-refractivity contribution in [2.45, 2.75) is 40.2 Å². The van der Waals surface area contributed by atoms with Crippen molar-refractivity contribution in [2.24, 2.45) is 0 Å². The number of carbonyl (C=O) groups is 1. The van der Waals surface area contributed by atoms with Crippen LogP contribution < -0.4 is 15.4 Å². The van der Waals surface area contributed by atoms with Gasteiger partial charge in [-0.1, -0.05) is 11.6 Å². The topological polar surface area (TPSA) is 76.1 Å². The molecule has 1 heterocycles. The Labute approximate surface area is 153 Å². The van der Waals surface area contributed by atoms with Crippen molar-refractivity contribution in [1.29, 1.82) is 0 Å². The van der Waals surface area contributed by atoms with E-state index in [0.717, 1.165) is 5.56 Å². The number of halogens is 1. The van der Waals surface area contributed by atoms with E-state index in [1.807, 2.05) is 33.8 Å². The Morgan fingerprint density at radius 1 is 1.16 bits per heavy atom. The summed E-state index contributed by atoms with van der Waals surface area (Å²) in [5.74, 6) is 1.34. The van der Waals surface area contributed by atoms with Crippen LogP contribution in [0.25, 0.3) is 0 Å². The van der Waals surface area contributed by atoms with Gasteiger partial charge in [0.1, 0.15) is 23.1 Å². The molecule has 0 aliphatic heterocycles. The summed E-state index contributed by atoms with van der Waals surface area (Å²) in [5.41, 5.74) is 1.57. The van der Waals surface area contributed by atoms with Gasteiger partial charge in [-0.2, -0.15) is 0 Å². The average Bonchev–Trinajstić information content (AvgIpc) is 2.48. The maximum atomic E-state index is 12.4. The number of carbonyl (C=O) groups excluding carboxylic acids is 1. The normalized spacial score (nSPS) is 11.2. The van der Waals surface area contributed by atoms with Crippen molar-refractivity contribution in [2.75, 3.05) is 12.4 Å². The highest BCUT2D eigenvalue weighted by molar-refractivity contribution is 6.31. The molecule has 0 atom stereocenters. The van der Waals surface area contributed by atoms with Gasteiger partial charge in [0.2, 0.25) is 0 Å². The van der Waals surface area contributed by atoms with E-state index in [2.05, 4.69) is 20.6 Å². The van der Waals surface area contributed by atoms with Crippen LogP contribution in [0.4, 0.5) is 11.5 Å². The molecule has 1 amide bonds. The number of benzene rings is 1. The number of rotatable bonds is 4. The van der Waals surface area contributed by atoms with Crippen LogP contribution in [0.2, 0.25) is 5.02 Å². The molecular formula is C18H23ClN4O2. The third-order valence-corrected chi connectivity index (χ3v) is 3.71. The number of aryl methyl sites for hydroxylation is 2. The van der Waals surface area contributed by atoms with E-state index in [4.69, 9.17) is 16.3 Å². The fraction of sp³-hybridized carbons (Fsp3) is 0.389. The first-order chi connectivity index (χ1) is 11.6. The minimum atomic E-state index is -0.347. The Kier molecular flexibility index (Phi) is 5.52. The van der Waals surface area contributed by atoms with E-state index in [-0.39, 0.29) is 11.4 Å². The van der Waals surface area contributed by atoms with E-state index >= 15 is 0 Å². The van der Waals surface area contributed by atoms with Crippen LogP contribution in [0.5, 0.6) is 5.75 Å². The van der Waals surface area contributed by atoms with Crippen molar-refractivity contribution in [1.82, 2.24) is 15.3 Å². The van der Waals surface area contributed by atoms with Gasteiger partial charge in [-0.05, 0) is 46.2 Å². The zero-order valence-corrected chi connectivity index (χ0v) is 16.1. The van der Waals surface area contributed by atoms with E-state index in [1.54, 1.807) is 26.2 Å². The van der Waals surface area contributed by atoms with Gasteiger partial charge in [-0.3, -0.25) is 4.79 Å². The minimum Gasteiger partial charge on any atom is -0.495 e. The lowest BCUT2D eigenvalue weighted by atomic mass is 10.1. The first-order valence-electron chi connectivity index (χ1n) is 7.88. The number of anilines is 2. The zero-order chi connectivity index (χ0) is 18.8. The molecular weight excluding hydrogens is 340 g/mol. The van der Waals surface area contributed by atoms with Crippen molar-refractivity contribution in [3.8, 4) is 5.75 Å². The second-order valence-electron chi connectivity index (χ2n) is 6.82. The van der Waals surface area contributed by atoms with Gasteiger partial charge in [0, 0.05) is 22.7 Å². The molecule has 0 bridgehead atoms. The number of nitrogens with one attached hydrogen (secondary N) is 2. The Morgan fingerprint density at radius 2 is 1.84 bits per heavy atom. The van der Waals surface area contributed by atoms with Gasteiger partial charge in [0.15, 0.2) is 0 Å². The Balaban J connectivity index is 2.35. The molecule has 0 saturated carbocycles. The number of methoxy groups -OCH3 is 1. The molecule has 2 rings (SSSR count). The van der Waals surface area contributed by atoms with E-state index in [9.17, 15) is 4.79 Å². The Bertz CT molecular complexity index is 800. The highest BCUT2D eigenvalue weighted by atomic mass is 35.5. The molecule has 25 heavy (non-hydrogen) atoms. The molecule has 6 nitrogen and oxygen atoms in total. The van der Waals surface area contributed by atoms with Gasteiger partial charge in [0.05, 0.1) is 12.8 Å². The molecule has 0 aliphatic carbocycles. The first kappa shape index (κ1) is 19.0. The predicted octanol–water partition coefficient (Wildman–Crippen LogP) is 4.03. The van der Waals surface area contributed by atoms with Gasteiger partial charge >= 0.3 is 0 Å². The van der Waals surface area contributed by atoms with Crippen LogP contribution in [0, 0.1) is 13.8 Å². The molecule has 134 valence electrons. The van der Waals surface area contributed by atoms with Gasteiger partial charge in [-0.25, -0.2) is 9.97 Å². The molecule has 1 aromatic carbocycles. The number of hydrogen-bond donors (Lipinski definition) is 2. The summed E-state index contributed by atoms with van der Waals surface area (Å²) in [4.78, 5) is 20.9. The second-order valence-corrected chi connectivity index (χ2v) is 7.22. The molecule has 1 aromatic heterocycles. The van der Waals surface area contributed by atoms with E-state index in [1.165, 1.54) is 0 Å². The van der Waals surface area contributed by atoms with Crippen LogP contribution in [0.3, 0.4) is 0 Å². The number of ether oxygens (including phenoxy) is 1. The Morgan fingerprint density at radius 3 is 2.44 bits per heavy atom. The average molecular weight is 363 g/mol. The molecule has 7 heteroatoms. The lowest BCUT2D eigenvalue weighted by Crippen LogP contribution is -2.41. The summed E-state index contributed by atoms with van der Waals surface area (Å²) >= 11 is 6.13. The number of aromatic nitrogens is 2. The van der Waals surface area contributed by atoms with Crippen molar-refractivity contribution >= 4 is 29.0 Å². The molecule has 0 saturated heterocycles. The van der Waals surface area contributed by atoms with Crippen molar-refractivity contribution < 1.29 is 9.53 Å². The van der Waals surface area contributed by atoms with Gasteiger partial charge < -0.3 is 15.4 Å². The first-order valence-corrected chi connectivity index (χ1v) is 8.26. The monoisotopic (exact) mass is 362 g/mol. The Hall–Kier alpha value is -2.34. The zero-order valence-electron chi connectivity index (χ0n) is 15.3. The van der Waals surface area contributed by atoms with Crippen LogP contribution in [0.1, 0.15) is 42.6 Å². The van der Waals surface area contributed by atoms with Crippen molar-refractivity contribution in [3.63, 3.8) is 0 Å². The second kappa shape index (κ2) is 7.27. The summed E-state index contributed by atoms with van der Waals surface area (Å²) in [6, 6.07) is 5.21. The summed E-state index contributed by atoms with van der Waals surface area (Å²) < 4.78 is 5.36. The van der Waals surface area contributed by atoms with E-state index in [0.29, 0.717) is 33.8 Å². The molecule has 0 fully saturated rings. The molecule has 2 N–H and O–H groups in total. The van der Waals surface area contributed by atoms with Crippen LogP contribution in [-0.2, 0) is 0 Å². The molecule has 0 aliphatic rings. The fourth-order valence-electron chi connectivity index (χ4n) is 2.22. The lowest BCUT2D eigenvalue weighted by molar-refractivity contribution is 0.0914. The smallest absolute Gasteiger partial charge is 0.270 e. The number of amides is 1. The predicted molar refractivity (Wildman–Crippen MR) is 100 cm³/mol. The van der Waals surface area contributed by atoms with Gasteiger partial charge in [0.25, 0.3) is 5.91 Å². The maximum absolute atomic E-state index is 12.4.